The average molecular weight is 396 g/mol. The number of likely N-dealkylation sites (N-methyl/N-ethyl adjacent to an activating group) is 1. The van der Waals surface area contributed by atoms with Crippen LogP contribution in [0.5, 0.6) is 0 Å². The maximum atomic E-state index is 6.57. The summed E-state index contributed by atoms with van der Waals surface area (Å²) in [6.45, 7) is 2.04. The minimum atomic E-state index is -0.291. The van der Waals surface area contributed by atoms with E-state index < -0.39 is 0 Å². The highest BCUT2D eigenvalue weighted by atomic mass is 35.5. The van der Waals surface area contributed by atoms with Gasteiger partial charge in [0, 0.05) is 5.70 Å². The largest absolute Gasteiger partial charge is 0.368 e. The molecule has 2 heterocycles. The van der Waals surface area contributed by atoms with Crippen LogP contribution in [0, 0.1) is 5.92 Å². The normalized spacial score (nSPS) is 28.1. The van der Waals surface area contributed by atoms with Crippen LogP contribution in [-0.2, 0) is 0 Å². The van der Waals surface area contributed by atoms with E-state index in [0.29, 0.717) is 5.92 Å². The predicted octanol–water partition coefficient (Wildman–Crippen LogP) is 4.21. The number of alkyl halides is 1. The third-order valence-electron chi connectivity index (χ3n) is 5.73. The van der Waals surface area contributed by atoms with E-state index in [1.54, 1.807) is 0 Å². The number of rotatable bonds is 5. The lowest BCUT2D eigenvalue weighted by atomic mass is 9.89. The molecule has 1 aliphatic carbocycles. The Morgan fingerprint density at radius 3 is 3.00 bits per heavy atom. The van der Waals surface area contributed by atoms with Crippen molar-refractivity contribution in [2.24, 2.45) is 5.92 Å². The smallest absolute Gasteiger partial charge is 0.122 e. The van der Waals surface area contributed by atoms with Gasteiger partial charge in [0.15, 0.2) is 0 Å². The first-order valence-electron chi connectivity index (χ1n) is 9.79. The van der Waals surface area contributed by atoms with Crippen LogP contribution in [0.15, 0.2) is 66.4 Å². The fourth-order valence-electron chi connectivity index (χ4n) is 4.23. The van der Waals surface area contributed by atoms with Crippen LogP contribution in [0.1, 0.15) is 26.2 Å². The van der Waals surface area contributed by atoms with Crippen molar-refractivity contribution in [3.63, 3.8) is 0 Å². The summed E-state index contributed by atoms with van der Waals surface area (Å²) in [4.78, 5) is 0. The van der Waals surface area contributed by atoms with Crippen LogP contribution in [0.3, 0.4) is 0 Å². The summed E-state index contributed by atoms with van der Waals surface area (Å²) in [5, 5.41) is 15.7. The molecule has 0 saturated heterocycles. The van der Waals surface area contributed by atoms with Gasteiger partial charge < -0.3 is 10.6 Å². The summed E-state index contributed by atoms with van der Waals surface area (Å²) < 4.78 is 1.87. The summed E-state index contributed by atoms with van der Waals surface area (Å²) in [6, 6.07) is 7.97. The summed E-state index contributed by atoms with van der Waals surface area (Å²) >= 11 is 6.57. The van der Waals surface area contributed by atoms with Gasteiger partial charge in [-0.3, -0.25) is 0 Å². The minimum Gasteiger partial charge on any atom is -0.368 e. The minimum absolute atomic E-state index is 0.117. The number of nitrogens with one attached hydrogen (secondary N) is 2. The quantitative estimate of drug-likeness (QED) is 0.452. The van der Waals surface area contributed by atoms with Crippen LogP contribution < -0.4 is 10.6 Å². The summed E-state index contributed by atoms with van der Waals surface area (Å²) in [5.74, 6) is 0.543. The number of dihydropyridines is 1. The molecule has 0 bridgehead atoms. The lowest BCUT2D eigenvalue weighted by Crippen LogP contribution is -2.49. The van der Waals surface area contributed by atoms with Gasteiger partial charge in [0.2, 0.25) is 0 Å². The van der Waals surface area contributed by atoms with E-state index in [1.807, 2.05) is 49.0 Å². The first-order chi connectivity index (χ1) is 13.6. The predicted molar refractivity (Wildman–Crippen MR) is 116 cm³/mol. The highest BCUT2D eigenvalue weighted by Crippen LogP contribution is 2.41. The number of hydrogen-bond acceptors (Lipinski definition) is 4. The molecule has 3 unspecified atom stereocenters. The standard InChI is InChI=1S/C22H26ClN5/c1-3-4-5-8-16-11-12-22(15-16,24-2)20-13-17(14-21(23)25-20)28-19-10-7-6-9-18(19)26-27-28/h3-10,13-14,16,21,24-25H,11-12,15H2,1-2H3/b4-3-,8-5-. The maximum Gasteiger partial charge on any atom is 0.122 e. The van der Waals surface area contributed by atoms with Crippen LogP contribution >= 0.6 is 11.6 Å². The number of fused-ring (bicyclic) bond motifs is 1. The van der Waals surface area contributed by atoms with Crippen LogP contribution in [0.2, 0.25) is 0 Å². The van der Waals surface area contributed by atoms with Crippen molar-refractivity contribution in [1.29, 1.82) is 0 Å². The first-order valence-corrected chi connectivity index (χ1v) is 10.2. The Balaban J connectivity index is 1.66. The molecule has 1 saturated carbocycles. The second-order valence-electron chi connectivity index (χ2n) is 7.43. The van der Waals surface area contributed by atoms with Gasteiger partial charge in [0.25, 0.3) is 0 Å². The van der Waals surface area contributed by atoms with Crippen molar-refractivity contribution >= 4 is 28.3 Å². The molecule has 2 aromatic rings. The molecule has 0 radical (unpaired) electrons. The molecule has 6 heteroatoms. The number of nitrogens with zero attached hydrogens (tertiary/aromatic N) is 3. The van der Waals surface area contributed by atoms with Crippen LogP contribution in [0.4, 0.5) is 0 Å². The van der Waals surface area contributed by atoms with Crippen molar-refractivity contribution in [2.75, 3.05) is 7.05 Å². The summed E-state index contributed by atoms with van der Waals surface area (Å²) in [6.07, 6.45) is 16.0. The monoisotopic (exact) mass is 395 g/mol. The van der Waals surface area contributed by atoms with Crippen molar-refractivity contribution in [1.82, 2.24) is 25.6 Å². The molecule has 0 amide bonds. The third kappa shape index (κ3) is 3.52. The molecule has 2 aliphatic rings. The molecule has 0 spiro atoms. The first kappa shape index (κ1) is 19.0. The maximum absolute atomic E-state index is 6.57. The van der Waals surface area contributed by atoms with E-state index in [9.17, 15) is 0 Å². The zero-order chi connectivity index (χ0) is 19.6. The van der Waals surface area contributed by atoms with Gasteiger partial charge >= 0.3 is 0 Å². The van der Waals surface area contributed by atoms with E-state index in [4.69, 9.17) is 11.6 Å². The van der Waals surface area contributed by atoms with E-state index in [2.05, 4.69) is 51.3 Å². The number of benzene rings is 1. The number of para-hydroxylation sites is 1. The molecule has 28 heavy (non-hydrogen) atoms. The Morgan fingerprint density at radius 2 is 2.18 bits per heavy atom. The lowest BCUT2D eigenvalue weighted by Gasteiger charge is -2.36. The molecule has 1 fully saturated rings. The van der Waals surface area contributed by atoms with Gasteiger partial charge in [0.1, 0.15) is 11.0 Å². The summed E-state index contributed by atoms with van der Waals surface area (Å²) in [5.41, 5.74) is 3.52. The van der Waals surface area contributed by atoms with E-state index in [1.165, 1.54) is 0 Å². The highest BCUT2D eigenvalue weighted by Gasteiger charge is 2.41. The van der Waals surface area contributed by atoms with E-state index in [-0.39, 0.29) is 11.0 Å². The molecule has 2 N–H and O–H groups in total. The second kappa shape index (κ2) is 7.94. The SMILES string of the molecule is C/C=C\C=C/C1CCC(NC)(C2=CC(n3nnc4ccccc43)=CC(Cl)N2)C1. The third-order valence-corrected chi connectivity index (χ3v) is 5.97. The van der Waals surface area contributed by atoms with Gasteiger partial charge in [-0.1, -0.05) is 53.3 Å². The molecule has 1 aliphatic heterocycles. The van der Waals surface area contributed by atoms with Gasteiger partial charge in [-0.15, -0.1) is 5.10 Å². The lowest BCUT2D eigenvalue weighted by molar-refractivity contribution is 0.389. The van der Waals surface area contributed by atoms with E-state index in [0.717, 1.165) is 41.7 Å². The van der Waals surface area contributed by atoms with E-state index >= 15 is 0 Å². The molecule has 5 nitrogen and oxygen atoms in total. The fraction of sp³-hybridized carbons (Fsp3) is 0.364. The highest BCUT2D eigenvalue weighted by molar-refractivity contribution is 6.22. The van der Waals surface area contributed by atoms with Crippen molar-refractivity contribution in [3.05, 3.63) is 66.4 Å². The Morgan fingerprint density at radius 1 is 1.32 bits per heavy atom. The molecule has 1 aromatic carbocycles. The Bertz CT molecular complexity index is 970. The zero-order valence-electron chi connectivity index (χ0n) is 16.3. The van der Waals surface area contributed by atoms with Gasteiger partial charge in [0.05, 0.1) is 16.8 Å². The zero-order valence-corrected chi connectivity index (χ0v) is 17.0. The van der Waals surface area contributed by atoms with Gasteiger partial charge in [-0.05, 0) is 63.4 Å². The van der Waals surface area contributed by atoms with Crippen molar-refractivity contribution < 1.29 is 0 Å². The molecular weight excluding hydrogens is 370 g/mol. The molecule has 1 aromatic heterocycles. The average Bonchev–Trinajstić information content (AvgIpc) is 3.33. The second-order valence-corrected chi connectivity index (χ2v) is 7.90. The Hall–Kier alpha value is -2.37. The molecule has 4 rings (SSSR count). The Labute approximate surface area is 170 Å². The van der Waals surface area contributed by atoms with Crippen LogP contribution in [-0.4, -0.2) is 33.1 Å². The summed E-state index contributed by atoms with van der Waals surface area (Å²) in [7, 11) is 2.03. The number of hydrogen-bond donors (Lipinski definition) is 2. The Kier molecular flexibility index (Phi) is 5.38. The number of aromatic nitrogens is 3. The van der Waals surface area contributed by atoms with Crippen LogP contribution in [0.25, 0.3) is 16.7 Å². The fourth-order valence-corrected chi connectivity index (χ4v) is 4.48. The van der Waals surface area contributed by atoms with Gasteiger partial charge in [-0.2, -0.15) is 0 Å². The number of halogens is 1. The molecule has 3 atom stereocenters. The van der Waals surface area contributed by atoms with Crippen molar-refractivity contribution in [2.45, 2.75) is 37.2 Å². The topological polar surface area (TPSA) is 54.8 Å². The van der Waals surface area contributed by atoms with Crippen molar-refractivity contribution in [3.8, 4) is 0 Å². The molecular formula is C22H26ClN5. The number of allylic oxidation sites excluding steroid dienone is 6. The van der Waals surface area contributed by atoms with Gasteiger partial charge in [-0.25, -0.2) is 4.68 Å². The molecule has 146 valence electrons.